The summed E-state index contributed by atoms with van der Waals surface area (Å²) < 4.78 is 23.7. The first-order valence-electron chi connectivity index (χ1n) is 3.86. The summed E-state index contributed by atoms with van der Waals surface area (Å²) in [5.41, 5.74) is 0. The van der Waals surface area contributed by atoms with E-state index < -0.39 is 10.0 Å². The van der Waals surface area contributed by atoms with Gasteiger partial charge in [0.1, 0.15) is 0 Å². The summed E-state index contributed by atoms with van der Waals surface area (Å²) in [4.78, 5) is 4.98. The lowest BCUT2D eigenvalue weighted by atomic mass is 10.3. The van der Waals surface area contributed by atoms with Gasteiger partial charge in [0.25, 0.3) is 0 Å². The average molecular weight is 214 g/mol. The highest BCUT2D eigenvalue weighted by Gasteiger charge is 2.24. The minimum Gasteiger partial charge on any atom is -0.284 e. The number of sulfonamides is 1. The Morgan fingerprint density at radius 1 is 1.42 bits per heavy atom. The van der Waals surface area contributed by atoms with Crippen LogP contribution in [0.2, 0.25) is 0 Å². The average Bonchev–Trinajstić information content (AvgIpc) is 2.06. The summed E-state index contributed by atoms with van der Waals surface area (Å²) in [6.45, 7) is 0.945. The number of hydrogen-bond donors (Lipinski definition) is 0. The van der Waals surface area contributed by atoms with Crippen molar-refractivity contribution >= 4 is 21.6 Å². The molecule has 1 heterocycles. The van der Waals surface area contributed by atoms with Gasteiger partial charge in [-0.2, -0.15) is 0 Å². The molecule has 0 bridgehead atoms. The third-order valence-corrected chi connectivity index (χ3v) is 3.66. The molecule has 1 aliphatic heterocycles. The van der Waals surface area contributed by atoms with Crippen LogP contribution in [0, 0.1) is 0 Å². The van der Waals surface area contributed by atoms with Gasteiger partial charge in [0.05, 0.1) is 12.4 Å². The predicted octanol–water partition coefficient (Wildman–Crippen LogP) is 0.582. The Bertz CT molecular complexity index is 223. The molecule has 0 aromatic carbocycles. The van der Waals surface area contributed by atoms with Crippen LogP contribution in [-0.2, 0) is 14.9 Å². The van der Waals surface area contributed by atoms with Gasteiger partial charge in [-0.15, -0.1) is 11.6 Å². The molecule has 0 atom stereocenters. The predicted molar refractivity (Wildman–Crippen MR) is 46.4 cm³/mol. The molecule has 12 heavy (non-hydrogen) atoms. The summed E-state index contributed by atoms with van der Waals surface area (Å²) in [6.07, 6.45) is 1.79. The summed E-state index contributed by atoms with van der Waals surface area (Å²) in [5.74, 6) is 0.0662. The van der Waals surface area contributed by atoms with Crippen molar-refractivity contribution in [1.82, 2.24) is 4.47 Å². The molecule has 0 N–H and O–H groups in total. The zero-order valence-electron chi connectivity index (χ0n) is 6.70. The quantitative estimate of drug-likeness (QED) is 0.645. The fraction of sp³-hybridized carbons (Fsp3) is 1.00. The van der Waals surface area contributed by atoms with Crippen LogP contribution in [0.1, 0.15) is 12.8 Å². The van der Waals surface area contributed by atoms with Crippen molar-refractivity contribution in [3.63, 3.8) is 0 Å². The molecule has 72 valence electrons. The van der Waals surface area contributed by atoms with Gasteiger partial charge in [0.2, 0.25) is 10.0 Å². The first-order chi connectivity index (χ1) is 5.67. The lowest BCUT2D eigenvalue weighted by Gasteiger charge is -2.24. The number of alkyl halides is 1. The van der Waals surface area contributed by atoms with E-state index in [1.807, 2.05) is 0 Å². The lowest BCUT2D eigenvalue weighted by molar-refractivity contribution is -0.108. The van der Waals surface area contributed by atoms with Gasteiger partial charge in [-0.25, -0.2) is 8.42 Å². The monoisotopic (exact) mass is 213 g/mol. The lowest BCUT2D eigenvalue weighted by Crippen LogP contribution is -2.37. The van der Waals surface area contributed by atoms with E-state index >= 15 is 0 Å². The second-order valence-corrected chi connectivity index (χ2v) is 4.93. The number of rotatable bonds is 3. The van der Waals surface area contributed by atoms with E-state index in [4.69, 9.17) is 16.4 Å². The summed E-state index contributed by atoms with van der Waals surface area (Å²) in [6, 6.07) is 0. The van der Waals surface area contributed by atoms with Crippen molar-refractivity contribution < 1.29 is 13.3 Å². The fourth-order valence-electron chi connectivity index (χ4n) is 0.993. The Morgan fingerprint density at radius 2 is 2.17 bits per heavy atom. The molecule has 0 radical (unpaired) electrons. The summed E-state index contributed by atoms with van der Waals surface area (Å²) in [5, 5.41) is 0. The van der Waals surface area contributed by atoms with Gasteiger partial charge in [0, 0.05) is 12.4 Å². The van der Waals surface area contributed by atoms with Crippen LogP contribution in [0.15, 0.2) is 0 Å². The van der Waals surface area contributed by atoms with Crippen molar-refractivity contribution in [3.05, 3.63) is 0 Å². The molecule has 1 fully saturated rings. The van der Waals surface area contributed by atoms with E-state index in [2.05, 4.69) is 0 Å². The Kier molecular flexibility index (Phi) is 3.77. The maximum atomic E-state index is 11.3. The third kappa shape index (κ3) is 2.58. The molecule has 0 aromatic rings. The van der Waals surface area contributed by atoms with E-state index in [0.29, 0.717) is 13.2 Å². The first-order valence-corrected chi connectivity index (χ1v) is 6.00. The van der Waals surface area contributed by atoms with E-state index in [0.717, 1.165) is 17.3 Å². The SMILES string of the molecule is O=S(=O)(CCCl)N1CCCCO1. The van der Waals surface area contributed by atoms with Crippen molar-refractivity contribution in [2.45, 2.75) is 12.8 Å². The Labute approximate surface area is 77.4 Å². The minimum absolute atomic E-state index is 0.0471. The number of halogens is 1. The van der Waals surface area contributed by atoms with E-state index in [9.17, 15) is 8.42 Å². The number of hydrogen-bond acceptors (Lipinski definition) is 3. The van der Waals surface area contributed by atoms with Crippen LogP contribution in [0.3, 0.4) is 0 Å². The van der Waals surface area contributed by atoms with Crippen LogP contribution < -0.4 is 0 Å². The molecule has 0 saturated carbocycles. The van der Waals surface area contributed by atoms with Gasteiger partial charge >= 0.3 is 0 Å². The number of nitrogens with zero attached hydrogens (tertiary/aromatic N) is 1. The fourth-order valence-corrected chi connectivity index (χ4v) is 2.62. The molecule has 4 nitrogen and oxygen atoms in total. The molecular formula is C6H12ClNO3S. The first kappa shape index (κ1) is 10.2. The zero-order valence-corrected chi connectivity index (χ0v) is 8.27. The van der Waals surface area contributed by atoms with Crippen LogP contribution in [0.5, 0.6) is 0 Å². The van der Waals surface area contributed by atoms with E-state index in [-0.39, 0.29) is 11.6 Å². The highest BCUT2D eigenvalue weighted by Crippen LogP contribution is 2.11. The standard InChI is InChI=1S/C6H12ClNO3S/c7-3-6-12(9,10)8-4-1-2-5-11-8/h1-6H2. The maximum Gasteiger partial charge on any atom is 0.237 e. The van der Waals surface area contributed by atoms with Crippen LogP contribution in [0.4, 0.5) is 0 Å². The Morgan fingerprint density at radius 3 is 2.67 bits per heavy atom. The molecule has 0 aliphatic carbocycles. The molecule has 6 heteroatoms. The second kappa shape index (κ2) is 4.41. The van der Waals surface area contributed by atoms with Gasteiger partial charge in [-0.1, -0.05) is 4.47 Å². The van der Waals surface area contributed by atoms with Crippen molar-refractivity contribution in [1.29, 1.82) is 0 Å². The summed E-state index contributed by atoms with van der Waals surface area (Å²) >= 11 is 5.34. The largest absolute Gasteiger partial charge is 0.284 e. The van der Waals surface area contributed by atoms with Gasteiger partial charge in [0.15, 0.2) is 0 Å². The molecule has 1 aliphatic rings. The second-order valence-electron chi connectivity index (χ2n) is 2.57. The molecule has 0 aromatic heterocycles. The van der Waals surface area contributed by atoms with E-state index in [1.54, 1.807) is 0 Å². The van der Waals surface area contributed by atoms with Gasteiger partial charge in [-0.3, -0.25) is 4.84 Å². The van der Waals surface area contributed by atoms with Crippen molar-refractivity contribution in [3.8, 4) is 0 Å². The zero-order chi connectivity index (χ0) is 9.03. The van der Waals surface area contributed by atoms with Gasteiger partial charge < -0.3 is 0 Å². The Hall–Kier alpha value is 0.160. The van der Waals surface area contributed by atoms with Crippen molar-refractivity contribution in [2.75, 3.05) is 24.8 Å². The third-order valence-electron chi connectivity index (χ3n) is 1.62. The smallest absolute Gasteiger partial charge is 0.237 e. The maximum absolute atomic E-state index is 11.3. The normalized spacial score (nSPS) is 21.1. The molecule has 0 unspecified atom stereocenters. The molecule has 0 amide bonds. The van der Waals surface area contributed by atoms with Gasteiger partial charge in [-0.05, 0) is 12.8 Å². The summed E-state index contributed by atoms with van der Waals surface area (Å²) in [7, 11) is -3.25. The van der Waals surface area contributed by atoms with Crippen LogP contribution in [-0.4, -0.2) is 37.7 Å². The molecule has 1 rings (SSSR count). The van der Waals surface area contributed by atoms with E-state index in [1.165, 1.54) is 0 Å². The molecule has 1 saturated heterocycles. The molecular weight excluding hydrogens is 202 g/mol. The Balaban J connectivity index is 2.54. The highest BCUT2D eigenvalue weighted by molar-refractivity contribution is 7.89. The molecule has 0 spiro atoms. The van der Waals surface area contributed by atoms with Crippen LogP contribution in [0.25, 0.3) is 0 Å². The highest BCUT2D eigenvalue weighted by atomic mass is 35.5. The van der Waals surface area contributed by atoms with Crippen molar-refractivity contribution in [2.24, 2.45) is 0 Å². The van der Waals surface area contributed by atoms with Crippen LogP contribution >= 0.6 is 11.6 Å². The topological polar surface area (TPSA) is 46.6 Å². The number of hydroxylamine groups is 1. The minimum atomic E-state index is -3.25.